The summed E-state index contributed by atoms with van der Waals surface area (Å²) in [5, 5.41) is 123. The van der Waals surface area contributed by atoms with Crippen LogP contribution in [0.1, 0.15) is 6.92 Å². The minimum atomic E-state index is -2.03. The number of fused-ring (bicyclic) bond motifs is 1. The molecule has 15 atom stereocenters. The van der Waals surface area contributed by atoms with E-state index in [1.807, 2.05) is 0 Å². The lowest BCUT2D eigenvalue weighted by molar-refractivity contribution is -0.318. The highest BCUT2D eigenvalue weighted by Gasteiger charge is 2.49. The highest BCUT2D eigenvalue weighted by molar-refractivity contribution is 5.88. The zero-order valence-corrected chi connectivity index (χ0v) is 27.9. The van der Waals surface area contributed by atoms with Gasteiger partial charge in [-0.3, -0.25) is 4.79 Å². The summed E-state index contributed by atoms with van der Waals surface area (Å²) in [5.74, 6) is -4.18. The van der Waals surface area contributed by atoms with Gasteiger partial charge in [0.05, 0.1) is 12.7 Å². The van der Waals surface area contributed by atoms with Crippen molar-refractivity contribution in [2.24, 2.45) is 0 Å². The summed E-state index contributed by atoms with van der Waals surface area (Å²) in [6.45, 7) is 0.757. The van der Waals surface area contributed by atoms with Crippen molar-refractivity contribution in [2.75, 3.05) is 6.61 Å². The van der Waals surface area contributed by atoms with Crippen molar-refractivity contribution >= 4 is 16.9 Å². The number of aromatic hydroxyl groups is 2. The minimum Gasteiger partial charge on any atom is -0.508 e. The molecule has 0 bridgehead atoms. The Bertz CT molecular complexity index is 1870. The van der Waals surface area contributed by atoms with Crippen molar-refractivity contribution in [2.45, 2.75) is 99.0 Å². The first-order valence-electron chi connectivity index (χ1n) is 16.4. The molecule has 0 amide bonds. The lowest BCUT2D eigenvalue weighted by Crippen LogP contribution is -2.61. The van der Waals surface area contributed by atoms with E-state index in [1.165, 1.54) is 31.2 Å². The number of rotatable bonds is 9. The van der Waals surface area contributed by atoms with Gasteiger partial charge in [-0.15, -0.1) is 0 Å². The Balaban J connectivity index is 1.32. The van der Waals surface area contributed by atoms with Gasteiger partial charge >= 0.3 is 5.97 Å². The van der Waals surface area contributed by atoms with Gasteiger partial charge in [0.1, 0.15) is 89.3 Å². The molecule has 1 aromatic heterocycles. The van der Waals surface area contributed by atoms with E-state index < -0.39 is 138 Å². The van der Waals surface area contributed by atoms with Gasteiger partial charge in [-0.1, -0.05) is 0 Å². The molecule has 54 heavy (non-hydrogen) atoms. The van der Waals surface area contributed by atoms with Gasteiger partial charge in [-0.2, -0.15) is 0 Å². The monoisotopic (exact) mass is 770 g/mol. The zero-order chi connectivity index (χ0) is 39.3. The summed E-state index contributed by atoms with van der Waals surface area (Å²) in [6.07, 6.45) is -26.5. The van der Waals surface area contributed by atoms with E-state index in [2.05, 4.69) is 0 Å². The van der Waals surface area contributed by atoms with Crippen LogP contribution in [-0.2, 0) is 23.7 Å². The van der Waals surface area contributed by atoms with E-state index in [-0.39, 0.29) is 17.1 Å². The van der Waals surface area contributed by atoms with Crippen molar-refractivity contribution in [3.63, 3.8) is 0 Å². The number of phenolic OH excluding ortho intramolecular Hbond substituents is 2. The maximum absolute atomic E-state index is 14.0. The highest BCUT2D eigenvalue weighted by Crippen LogP contribution is 2.39. The first kappa shape index (κ1) is 39.5. The Labute approximate surface area is 302 Å². The number of carboxylic acid groups (broad SMARTS) is 1. The molecule has 0 unspecified atom stereocenters. The normalized spacial score (nSPS) is 37.2. The molecule has 21 heteroatoms. The van der Waals surface area contributed by atoms with Crippen LogP contribution in [0, 0.1) is 0 Å². The van der Waals surface area contributed by atoms with Crippen LogP contribution in [0.3, 0.4) is 0 Å². The summed E-state index contributed by atoms with van der Waals surface area (Å²) >= 11 is 0. The standard InChI is InChI=1S/C33H38O21/c1-9-17(36)20(39)24(43)31(49-9)48-8-15-18(37)21(40)25(44)33(52-15)53-28-19(38)16-13(35)6-12(7-14(16)51-27(28)10-2-4-11(34)5-3-10)50-32-26(45)22(41)23(42)29(54-32)30(46)47/h2-7,9,15,17-18,20-26,29,31-37,39-45H,8H2,1H3,(H,46,47)/t9-,15+,17-,18+,20+,21-,22+,23+,24+,25+,26-,29+,31+,32-,33-/m1/s1. The number of benzene rings is 2. The zero-order valence-electron chi connectivity index (χ0n) is 27.9. The molecule has 0 aliphatic carbocycles. The number of aliphatic carboxylic acids is 1. The summed E-state index contributed by atoms with van der Waals surface area (Å²) in [4.78, 5) is 25.6. The Hall–Kier alpha value is -4.20. The highest BCUT2D eigenvalue weighted by atomic mass is 16.7. The lowest BCUT2D eigenvalue weighted by Gasteiger charge is -2.42. The van der Waals surface area contributed by atoms with Crippen molar-refractivity contribution in [1.29, 1.82) is 0 Å². The average Bonchev–Trinajstić information content (AvgIpc) is 3.13. The third kappa shape index (κ3) is 7.42. The lowest BCUT2D eigenvalue weighted by atomic mass is 9.98. The van der Waals surface area contributed by atoms with Crippen LogP contribution >= 0.6 is 0 Å². The Kier molecular flexibility index (Phi) is 11.3. The molecule has 0 saturated carbocycles. The molecule has 21 nitrogen and oxygen atoms in total. The topological polar surface area (TPSA) is 345 Å². The average molecular weight is 771 g/mol. The second kappa shape index (κ2) is 15.5. The van der Waals surface area contributed by atoms with Crippen LogP contribution in [0.5, 0.6) is 23.0 Å². The molecule has 3 fully saturated rings. The largest absolute Gasteiger partial charge is 0.508 e. The number of carboxylic acids is 1. The Morgan fingerprint density at radius 1 is 0.704 bits per heavy atom. The fourth-order valence-electron chi connectivity index (χ4n) is 6.13. The summed E-state index contributed by atoms with van der Waals surface area (Å²) < 4.78 is 38.9. The second-order valence-electron chi connectivity index (χ2n) is 13.0. The van der Waals surface area contributed by atoms with Crippen molar-refractivity contribution in [3.05, 3.63) is 46.6 Å². The number of aliphatic hydroxyl groups is 9. The molecule has 12 N–H and O–H groups in total. The summed E-state index contributed by atoms with van der Waals surface area (Å²) in [5.41, 5.74) is -1.42. The summed E-state index contributed by atoms with van der Waals surface area (Å²) in [7, 11) is 0. The summed E-state index contributed by atoms with van der Waals surface area (Å²) in [6, 6.07) is 6.92. The van der Waals surface area contributed by atoms with Crippen molar-refractivity contribution < 1.29 is 98.9 Å². The number of ether oxygens (including phenoxy) is 6. The van der Waals surface area contributed by atoms with Gasteiger partial charge in [-0.05, 0) is 31.2 Å². The third-order valence-electron chi connectivity index (χ3n) is 9.24. The third-order valence-corrected chi connectivity index (χ3v) is 9.24. The van der Waals surface area contributed by atoms with Gasteiger partial charge in [-0.25, -0.2) is 4.79 Å². The fraction of sp³-hybridized carbons (Fsp3) is 0.515. The minimum absolute atomic E-state index is 0.0733. The van der Waals surface area contributed by atoms with E-state index in [9.17, 15) is 70.9 Å². The van der Waals surface area contributed by atoms with Gasteiger partial charge in [0.25, 0.3) is 0 Å². The molecule has 3 aliphatic rings. The van der Waals surface area contributed by atoms with Gasteiger partial charge in [0.15, 0.2) is 18.2 Å². The Morgan fingerprint density at radius 2 is 1.30 bits per heavy atom. The van der Waals surface area contributed by atoms with Gasteiger partial charge < -0.3 is 94.1 Å². The maximum atomic E-state index is 14.0. The molecule has 296 valence electrons. The predicted molar refractivity (Wildman–Crippen MR) is 172 cm³/mol. The van der Waals surface area contributed by atoms with Crippen LogP contribution in [0.2, 0.25) is 0 Å². The first-order valence-corrected chi connectivity index (χ1v) is 16.4. The maximum Gasteiger partial charge on any atom is 0.335 e. The van der Waals surface area contributed by atoms with E-state index in [0.29, 0.717) is 0 Å². The van der Waals surface area contributed by atoms with E-state index in [0.717, 1.165) is 12.1 Å². The quantitative estimate of drug-likeness (QED) is 0.0991. The molecular weight excluding hydrogens is 732 g/mol. The van der Waals surface area contributed by atoms with Crippen LogP contribution in [0.15, 0.2) is 45.6 Å². The second-order valence-corrected chi connectivity index (χ2v) is 13.0. The molecule has 0 spiro atoms. The molecule has 6 rings (SSSR count). The van der Waals surface area contributed by atoms with Crippen LogP contribution < -0.4 is 14.9 Å². The van der Waals surface area contributed by atoms with E-state index >= 15 is 0 Å². The van der Waals surface area contributed by atoms with Gasteiger partial charge in [0, 0.05) is 17.7 Å². The van der Waals surface area contributed by atoms with E-state index in [1.54, 1.807) is 0 Å². The number of hydrogen-bond acceptors (Lipinski definition) is 20. The van der Waals surface area contributed by atoms with E-state index in [4.69, 9.17) is 32.8 Å². The van der Waals surface area contributed by atoms with Gasteiger partial charge in [0.2, 0.25) is 23.8 Å². The molecule has 0 radical (unpaired) electrons. The van der Waals surface area contributed by atoms with Crippen molar-refractivity contribution in [3.8, 4) is 34.3 Å². The SMILES string of the molecule is C[C@H]1O[C@H](OC[C@@H]2O[C@H](Oc3c(-c4ccc(O)cc4)oc4cc(O[C@@H]5O[C@H](C(=O)O)[C@@H](O)[C@H](O)[C@H]5O)cc(O)c4c3=O)[C@@H](O)[C@H](O)[C@H]2O)[C@@H](O)[C@@H](O)[C@@H]1O. The Morgan fingerprint density at radius 3 is 1.94 bits per heavy atom. The van der Waals surface area contributed by atoms with Crippen LogP contribution in [0.25, 0.3) is 22.3 Å². The number of aliphatic hydroxyl groups excluding tert-OH is 9. The number of phenols is 2. The molecule has 2 aromatic carbocycles. The smallest absolute Gasteiger partial charge is 0.335 e. The van der Waals surface area contributed by atoms with Crippen LogP contribution in [0.4, 0.5) is 0 Å². The molecule has 3 aliphatic heterocycles. The first-order chi connectivity index (χ1) is 25.5. The molecular formula is C33H38O21. The van der Waals surface area contributed by atoms with Crippen LogP contribution in [-0.4, -0.2) is 166 Å². The number of hydrogen-bond donors (Lipinski definition) is 12. The molecule has 3 saturated heterocycles. The predicted octanol–water partition coefficient (Wildman–Crippen LogP) is -3.83. The molecule has 4 heterocycles. The fourth-order valence-corrected chi connectivity index (χ4v) is 6.13. The van der Waals surface area contributed by atoms with Crippen molar-refractivity contribution in [1.82, 2.24) is 0 Å². The number of carbonyl (C=O) groups is 1. The molecule has 3 aromatic rings.